The standard InChI is InChI=1S/C13H16N2O3/c1-7(13(2,3)18)15-11(16)8-5-4-6-9(14)10(8)12(15)17/h4-7,18H,14H2,1-3H3. The first kappa shape index (κ1) is 12.6. The lowest BCUT2D eigenvalue weighted by Crippen LogP contribution is -2.50. The van der Waals surface area contributed by atoms with Crippen LogP contribution in [0.15, 0.2) is 18.2 Å². The Bertz CT molecular complexity index is 532. The molecule has 0 aromatic heterocycles. The molecule has 1 atom stereocenters. The maximum absolute atomic E-state index is 12.2. The van der Waals surface area contributed by atoms with Crippen LogP contribution in [0.5, 0.6) is 0 Å². The third-order valence-electron chi connectivity index (χ3n) is 3.39. The minimum Gasteiger partial charge on any atom is -0.398 e. The molecule has 0 aliphatic carbocycles. The molecule has 18 heavy (non-hydrogen) atoms. The second-order valence-corrected chi connectivity index (χ2v) is 5.08. The molecular weight excluding hydrogens is 232 g/mol. The van der Waals surface area contributed by atoms with Gasteiger partial charge in [0, 0.05) is 5.69 Å². The van der Waals surface area contributed by atoms with E-state index >= 15 is 0 Å². The number of rotatable bonds is 2. The highest BCUT2D eigenvalue weighted by atomic mass is 16.3. The van der Waals surface area contributed by atoms with Gasteiger partial charge in [-0.25, -0.2) is 0 Å². The third-order valence-corrected chi connectivity index (χ3v) is 3.39. The smallest absolute Gasteiger partial charge is 0.263 e. The Kier molecular flexibility index (Phi) is 2.66. The number of hydrogen-bond acceptors (Lipinski definition) is 4. The van der Waals surface area contributed by atoms with E-state index in [1.807, 2.05) is 0 Å². The summed E-state index contributed by atoms with van der Waals surface area (Å²) in [5, 5.41) is 9.95. The van der Waals surface area contributed by atoms with Gasteiger partial charge in [0.25, 0.3) is 11.8 Å². The number of aliphatic hydroxyl groups is 1. The molecule has 0 bridgehead atoms. The molecule has 2 amide bonds. The van der Waals surface area contributed by atoms with Crippen molar-refractivity contribution in [3.63, 3.8) is 0 Å². The van der Waals surface area contributed by atoms with Crippen LogP contribution in [0.1, 0.15) is 41.5 Å². The highest BCUT2D eigenvalue weighted by molar-refractivity contribution is 6.23. The van der Waals surface area contributed by atoms with Gasteiger partial charge in [0.05, 0.1) is 22.8 Å². The third kappa shape index (κ3) is 1.67. The number of nitrogens with zero attached hydrogens (tertiary/aromatic N) is 1. The topological polar surface area (TPSA) is 83.6 Å². The first-order valence-electron chi connectivity index (χ1n) is 5.74. The molecule has 5 nitrogen and oxygen atoms in total. The fourth-order valence-electron chi connectivity index (χ4n) is 2.00. The summed E-state index contributed by atoms with van der Waals surface area (Å²) in [5.74, 6) is -0.848. The predicted octanol–water partition coefficient (Wildman–Crippen LogP) is 1.02. The Morgan fingerprint density at radius 2 is 1.89 bits per heavy atom. The average molecular weight is 248 g/mol. The molecule has 3 N–H and O–H groups in total. The van der Waals surface area contributed by atoms with Crippen molar-refractivity contribution in [3.8, 4) is 0 Å². The Hall–Kier alpha value is -1.88. The first-order valence-corrected chi connectivity index (χ1v) is 5.74. The number of carbonyl (C=O) groups excluding carboxylic acids is 2. The minimum atomic E-state index is -1.16. The molecule has 2 rings (SSSR count). The second kappa shape index (κ2) is 3.81. The second-order valence-electron chi connectivity index (χ2n) is 5.08. The SMILES string of the molecule is CC(N1C(=O)c2cccc(N)c2C1=O)C(C)(C)O. The number of benzene rings is 1. The molecule has 1 heterocycles. The van der Waals surface area contributed by atoms with Crippen LogP contribution in [0.4, 0.5) is 5.69 Å². The van der Waals surface area contributed by atoms with Crippen LogP contribution in [0.2, 0.25) is 0 Å². The van der Waals surface area contributed by atoms with E-state index in [-0.39, 0.29) is 11.3 Å². The van der Waals surface area contributed by atoms with E-state index in [1.165, 1.54) is 0 Å². The summed E-state index contributed by atoms with van der Waals surface area (Å²) in [4.78, 5) is 25.5. The predicted molar refractivity (Wildman–Crippen MR) is 67.1 cm³/mol. The highest BCUT2D eigenvalue weighted by Crippen LogP contribution is 2.31. The molecule has 1 aromatic rings. The van der Waals surface area contributed by atoms with E-state index in [9.17, 15) is 14.7 Å². The van der Waals surface area contributed by atoms with Crippen LogP contribution >= 0.6 is 0 Å². The van der Waals surface area contributed by atoms with Crippen molar-refractivity contribution in [2.24, 2.45) is 0 Å². The first-order chi connectivity index (χ1) is 8.25. The normalized spacial score (nSPS) is 17.0. The average Bonchev–Trinajstić information content (AvgIpc) is 2.51. The van der Waals surface area contributed by atoms with Gasteiger partial charge in [-0.05, 0) is 32.9 Å². The van der Waals surface area contributed by atoms with Crippen molar-refractivity contribution in [1.82, 2.24) is 4.90 Å². The maximum Gasteiger partial charge on any atom is 0.263 e. The molecule has 0 radical (unpaired) electrons. The summed E-state index contributed by atoms with van der Waals surface area (Å²) in [6.45, 7) is 4.76. The summed E-state index contributed by atoms with van der Waals surface area (Å²) < 4.78 is 0. The zero-order chi connectivity index (χ0) is 13.7. The zero-order valence-electron chi connectivity index (χ0n) is 10.6. The number of anilines is 1. The molecule has 96 valence electrons. The molecular formula is C13H16N2O3. The summed E-state index contributed by atoms with van der Waals surface area (Å²) in [6, 6.07) is 4.17. The summed E-state index contributed by atoms with van der Waals surface area (Å²) in [6.07, 6.45) is 0. The van der Waals surface area contributed by atoms with Crippen molar-refractivity contribution >= 4 is 17.5 Å². The van der Waals surface area contributed by atoms with Gasteiger partial charge in [-0.2, -0.15) is 0 Å². The summed E-state index contributed by atoms with van der Waals surface area (Å²) >= 11 is 0. The number of hydrogen-bond donors (Lipinski definition) is 2. The van der Waals surface area contributed by atoms with Crippen LogP contribution in [-0.4, -0.2) is 33.5 Å². The monoisotopic (exact) mass is 248 g/mol. The molecule has 1 unspecified atom stereocenters. The van der Waals surface area contributed by atoms with E-state index in [4.69, 9.17) is 5.73 Å². The number of imide groups is 1. The lowest BCUT2D eigenvalue weighted by atomic mass is 9.99. The number of nitrogen functional groups attached to an aromatic ring is 1. The largest absolute Gasteiger partial charge is 0.398 e. The van der Waals surface area contributed by atoms with E-state index in [0.717, 1.165) is 4.90 Å². The van der Waals surface area contributed by atoms with E-state index < -0.39 is 23.5 Å². The van der Waals surface area contributed by atoms with E-state index in [2.05, 4.69) is 0 Å². The molecule has 1 aliphatic heterocycles. The molecule has 0 spiro atoms. The Balaban J connectivity index is 2.50. The molecule has 0 saturated carbocycles. The van der Waals surface area contributed by atoms with Gasteiger partial charge < -0.3 is 10.8 Å². The fourth-order valence-corrected chi connectivity index (χ4v) is 2.00. The van der Waals surface area contributed by atoms with Gasteiger partial charge in [-0.1, -0.05) is 6.07 Å². The van der Waals surface area contributed by atoms with Gasteiger partial charge in [0.1, 0.15) is 0 Å². The lowest BCUT2D eigenvalue weighted by Gasteiger charge is -2.32. The molecule has 0 fully saturated rings. The van der Waals surface area contributed by atoms with Crippen LogP contribution in [0.25, 0.3) is 0 Å². The molecule has 5 heteroatoms. The zero-order valence-corrected chi connectivity index (χ0v) is 10.6. The lowest BCUT2D eigenvalue weighted by molar-refractivity contribution is -0.00139. The quantitative estimate of drug-likeness (QED) is 0.604. The molecule has 0 saturated heterocycles. The molecule has 1 aromatic carbocycles. The summed E-state index contributed by atoms with van der Waals surface area (Å²) in [5.41, 5.74) is 5.39. The van der Waals surface area contributed by atoms with Crippen LogP contribution in [-0.2, 0) is 0 Å². The molecule has 1 aliphatic rings. The van der Waals surface area contributed by atoms with Gasteiger partial charge in [0.2, 0.25) is 0 Å². The van der Waals surface area contributed by atoms with Crippen molar-refractivity contribution < 1.29 is 14.7 Å². The highest BCUT2D eigenvalue weighted by Gasteiger charge is 2.43. The van der Waals surface area contributed by atoms with Gasteiger partial charge in [0.15, 0.2) is 0 Å². The van der Waals surface area contributed by atoms with Gasteiger partial charge >= 0.3 is 0 Å². The number of carbonyl (C=O) groups is 2. The van der Waals surface area contributed by atoms with E-state index in [0.29, 0.717) is 5.56 Å². The number of nitrogens with two attached hydrogens (primary N) is 1. The van der Waals surface area contributed by atoms with Crippen LogP contribution in [0.3, 0.4) is 0 Å². The minimum absolute atomic E-state index is 0.235. The van der Waals surface area contributed by atoms with E-state index in [1.54, 1.807) is 39.0 Å². The fraction of sp³-hybridized carbons (Fsp3) is 0.385. The van der Waals surface area contributed by atoms with Crippen molar-refractivity contribution in [2.75, 3.05) is 5.73 Å². The van der Waals surface area contributed by atoms with Crippen molar-refractivity contribution in [2.45, 2.75) is 32.4 Å². The van der Waals surface area contributed by atoms with Crippen LogP contribution < -0.4 is 5.73 Å². The Morgan fingerprint density at radius 3 is 2.39 bits per heavy atom. The van der Waals surface area contributed by atoms with Gasteiger partial charge in [-0.15, -0.1) is 0 Å². The number of amides is 2. The maximum atomic E-state index is 12.2. The van der Waals surface area contributed by atoms with Crippen molar-refractivity contribution in [1.29, 1.82) is 0 Å². The van der Waals surface area contributed by atoms with Crippen molar-refractivity contribution in [3.05, 3.63) is 29.3 Å². The van der Waals surface area contributed by atoms with Gasteiger partial charge in [-0.3, -0.25) is 14.5 Å². The Labute approximate surface area is 105 Å². The van der Waals surface area contributed by atoms with Crippen LogP contribution in [0, 0.1) is 0 Å². The summed E-state index contributed by atoms with van der Waals surface area (Å²) in [7, 11) is 0. The number of fused-ring (bicyclic) bond motifs is 1. The Morgan fingerprint density at radius 1 is 1.28 bits per heavy atom.